The smallest absolute Gasteiger partial charge is 0.0553 e. The number of unbranched alkanes of at least 4 members (excludes halogenated alkanes) is 1. The first-order valence-corrected chi connectivity index (χ1v) is 7.30. The molecule has 1 N–H and O–H groups in total. The number of hydrogen-bond donors (Lipinski definition) is 1. The Bertz CT molecular complexity index is 482. The number of aryl methyl sites for hydroxylation is 2. The quantitative estimate of drug-likeness (QED) is 0.773. The molecule has 2 heteroatoms. The van der Waals surface area contributed by atoms with Gasteiger partial charge in [-0.05, 0) is 49.6 Å². The lowest BCUT2D eigenvalue weighted by Crippen LogP contribution is -2.05. The number of anilines is 1. The Balaban J connectivity index is 1.89. The summed E-state index contributed by atoms with van der Waals surface area (Å²) < 4.78 is 2.27. The molecule has 1 heterocycles. The number of benzene rings is 1. The first-order valence-electron chi connectivity index (χ1n) is 7.30. The Morgan fingerprint density at radius 2 is 1.84 bits per heavy atom. The normalized spacial score (nSPS) is 10.6. The molecule has 0 fully saturated rings. The molecular formula is C17H24N2. The van der Waals surface area contributed by atoms with Gasteiger partial charge in [0, 0.05) is 24.1 Å². The Morgan fingerprint density at radius 1 is 1.05 bits per heavy atom. The zero-order chi connectivity index (χ0) is 13.5. The van der Waals surface area contributed by atoms with Crippen LogP contribution in [-0.2, 0) is 19.5 Å². The maximum Gasteiger partial charge on any atom is 0.0553 e. The van der Waals surface area contributed by atoms with Gasteiger partial charge in [0.1, 0.15) is 0 Å². The van der Waals surface area contributed by atoms with Gasteiger partial charge in [0.05, 0.1) is 6.54 Å². The van der Waals surface area contributed by atoms with Crippen molar-refractivity contribution in [1.82, 2.24) is 4.57 Å². The molecule has 0 saturated carbocycles. The van der Waals surface area contributed by atoms with E-state index >= 15 is 0 Å². The van der Waals surface area contributed by atoms with Crippen LogP contribution in [0.25, 0.3) is 0 Å². The van der Waals surface area contributed by atoms with Crippen LogP contribution >= 0.6 is 0 Å². The molecule has 0 unspecified atom stereocenters. The number of rotatable bonds is 7. The van der Waals surface area contributed by atoms with E-state index < -0.39 is 0 Å². The zero-order valence-electron chi connectivity index (χ0n) is 12.0. The summed E-state index contributed by atoms with van der Waals surface area (Å²) in [5.41, 5.74) is 3.96. The summed E-state index contributed by atoms with van der Waals surface area (Å²) in [6.45, 7) is 6.32. The average Bonchev–Trinajstić information content (AvgIpc) is 2.91. The second kappa shape index (κ2) is 7.03. The van der Waals surface area contributed by atoms with Gasteiger partial charge in [-0.3, -0.25) is 0 Å². The van der Waals surface area contributed by atoms with E-state index in [9.17, 15) is 0 Å². The van der Waals surface area contributed by atoms with Crippen molar-refractivity contribution < 1.29 is 0 Å². The standard InChI is InChI=1S/C17H24N2/c1-3-5-7-15-9-11-16(12-10-15)18-14-17-8-6-13-19(17)4-2/h6,8-13,18H,3-5,7,14H2,1-2H3. The van der Waals surface area contributed by atoms with E-state index in [1.54, 1.807) is 0 Å². The van der Waals surface area contributed by atoms with E-state index in [4.69, 9.17) is 0 Å². The highest BCUT2D eigenvalue weighted by atomic mass is 15.0. The molecule has 0 aliphatic heterocycles. The van der Waals surface area contributed by atoms with Crippen LogP contribution in [-0.4, -0.2) is 4.57 Å². The van der Waals surface area contributed by atoms with Crippen molar-refractivity contribution in [2.45, 2.75) is 46.2 Å². The topological polar surface area (TPSA) is 17.0 Å². The Morgan fingerprint density at radius 3 is 2.53 bits per heavy atom. The Hall–Kier alpha value is -1.70. The monoisotopic (exact) mass is 256 g/mol. The summed E-state index contributed by atoms with van der Waals surface area (Å²) in [5, 5.41) is 3.48. The molecule has 2 nitrogen and oxygen atoms in total. The average molecular weight is 256 g/mol. The van der Waals surface area contributed by atoms with Crippen molar-refractivity contribution in [3.63, 3.8) is 0 Å². The van der Waals surface area contributed by atoms with Crippen LogP contribution < -0.4 is 5.32 Å². The van der Waals surface area contributed by atoms with Gasteiger partial charge in [0.15, 0.2) is 0 Å². The zero-order valence-corrected chi connectivity index (χ0v) is 12.0. The van der Waals surface area contributed by atoms with Crippen LogP contribution in [0.1, 0.15) is 37.9 Å². The van der Waals surface area contributed by atoms with Crippen molar-refractivity contribution in [2.24, 2.45) is 0 Å². The molecule has 1 aromatic carbocycles. The molecule has 2 rings (SSSR count). The van der Waals surface area contributed by atoms with E-state index in [0.29, 0.717) is 0 Å². The number of nitrogens with one attached hydrogen (secondary N) is 1. The van der Waals surface area contributed by atoms with Crippen molar-refractivity contribution in [2.75, 3.05) is 5.32 Å². The lowest BCUT2D eigenvalue weighted by atomic mass is 10.1. The Labute approximate surface area is 116 Å². The lowest BCUT2D eigenvalue weighted by Gasteiger charge is -2.10. The van der Waals surface area contributed by atoms with Gasteiger partial charge < -0.3 is 9.88 Å². The largest absolute Gasteiger partial charge is 0.379 e. The van der Waals surface area contributed by atoms with Gasteiger partial charge in [-0.2, -0.15) is 0 Å². The van der Waals surface area contributed by atoms with E-state index in [1.807, 2.05) is 0 Å². The number of aromatic nitrogens is 1. The number of hydrogen-bond acceptors (Lipinski definition) is 1. The molecule has 0 amide bonds. The van der Waals surface area contributed by atoms with Gasteiger partial charge in [-0.1, -0.05) is 25.5 Å². The van der Waals surface area contributed by atoms with Crippen molar-refractivity contribution in [3.8, 4) is 0 Å². The molecule has 0 atom stereocenters. The third-order valence-electron chi connectivity index (χ3n) is 3.51. The molecule has 0 bridgehead atoms. The third-order valence-corrected chi connectivity index (χ3v) is 3.51. The summed E-state index contributed by atoms with van der Waals surface area (Å²) in [4.78, 5) is 0. The first-order chi connectivity index (χ1) is 9.33. The molecule has 1 aromatic heterocycles. The lowest BCUT2D eigenvalue weighted by molar-refractivity contribution is 0.724. The van der Waals surface area contributed by atoms with Gasteiger partial charge in [0.2, 0.25) is 0 Å². The molecular weight excluding hydrogens is 232 g/mol. The van der Waals surface area contributed by atoms with E-state index in [0.717, 1.165) is 13.1 Å². The van der Waals surface area contributed by atoms with E-state index in [1.165, 1.54) is 36.2 Å². The highest BCUT2D eigenvalue weighted by Gasteiger charge is 1.99. The third kappa shape index (κ3) is 3.88. The minimum Gasteiger partial charge on any atom is -0.379 e. The second-order valence-corrected chi connectivity index (χ2v) is 4.94. The van der Waals surface area contributed by atoms with Crippen molar-refractivity contribution >= 4 is 5.69 Å². The summed E-state index contributed by atoms with van der Waals surface area (Å²) >= 11 is 0. The Kier molecular flexibility index (Phi) is 5.08. The van der Waals surface area contributed by atoms with Crippen molar-refractivity contribution in [1.29, 1.82) is 0 Å². The molecule has 0 radical (unpaired) electrons. The highest BCUT2D eigenvalue weighted by molar-refractivity contribution is 5.44. The van der Waals surface area contributed by atoms with Gasteiger partial charge >= 0.3 is 0 Å². The number of nitrogens with zero attached hydrogens (tertiary/aromatic N) is 1. The summed E-state index contributed by atoms with van der Waals surface area (Å²) in [7, 11) is 0. The maximum atomic E-state index is 3.48. The molecule has 19 heavy (non-hydrogen) atoms. The van der Waals surface area contributed by atoms with Crippen LogP contribution in [0.5, 0.6) is 0 Å². The molecule has 0 aliphatic carbocycles. The molecule has 0 spiro atoms. The summed E-state index contributed by atoms with van der Waals surface area (Å²) in [5.74, 6) is 0. The summed E-state index contributed by atoms with van der Waals surface area (Å²) in [6.07, 6.45) is 5.85. The van der Waals surface area contributed by atoms with Gasteiger partial charge in [-0.25, -0.2) is 0 Å². The first kappa shape index (κ1) is 13.7. The predicted molar refractivity (Wildman–Crippen MR) is 82.5 cm³/mol. The SMILES string of the molecule is CCCCc1ccc(NCc2cccn2CC)cc1. The minimum absolute atomic E-state index is 0.884. The van der Waals surface area contributed by atoms with E-state index in [2.05, 4.69) is 66.3 Å². The minimum atomic E-state index is 0.884. The van der Waals surface area contributed by atoms with Crippen LogP contribution in [0.2, 0.25) is 0 Å². The van der Waals surface area contributed by atoms with Crippen LogP contribution in [0.15, 0.2) is 42.6 Å². The van der Waals surface area contributed by atoms with E-state index in [-0.39, 0.29) is 0 Å². The fourth-order valence-corrected chi connectivity index (χ4v) is 2.28. The van der Waals surface area contributed by atoms with Crippen molar-refractivity contribution in [3.05, 3.63) is 53.9 Å². The molecule has 0 saturated heterocycles. The highest BCUT2D eigenvalue weighted by Crippen LogP contribution is 2.13. The molecule has 0 aliphatic rings. The van der Waals surface area contributed by atoms with Crippen LogP contribution in [0.4, 0.5) is 5.69 Å². The van der Waals surface area contributed by atoms with Gasteiger partial charge in [0.25, 0.3) is 0 Å². The predicted octanol–water partition coefficient (Wildman–Crippen LogP) is 4.46. The van der Waals surface area contributed by atoms with Crippen LogP contribution in [0, 0.1) is 0 Å². The summed E-state index contributed by atoms with van der Waals surface area (Å²) in [6, 6.07) is 13.1. The molecule has 2 aromatic rings. The fourth-order valence-electron chi connectivity index (χ4n) is 2.28. The molecule has 102 valence electrons. The maximum absolute atomic E-state index is 3.48. The fraction of sp³-hybridized carbons (Fsp3) is 0.412. The van der Waals surface area contributed by atoms with Crippen LogP contribution in [0.3, 0.4) is 0 Å². The van der Waals surface area contributed by atoms with Gasteiger partial charge in [-0.15, -0.1) is 0 Å². The second-order valence-electron chi connectivity index (χ2n) is 4.94.